The molecule has 1 rings (SSSR count). The third kappa shape index (κ3) is 3.99. The fraction of sp³-hybridized carbons (Fsp3) is 0.500. The van der Waals surface area contributed by atoms with Crippen LogP contribution in [-0.4, -0.2) is 11.1 Å². The van der Waals surface area contributed by atoms with E-state index in [1.54, 1.807) is 18.3 Å². The largest absolute Gasteiger partial charge is 0.489 e. The molecule has 3 nitrogen and oxygen atoms in total. The molecule has 1 heterocycles. The van der Waals surface area contributed by atoms with Crippen LogP contribution in [-0.2, 0) is 0 Å². The van der Waals surface area contributed by atoms with Gasteiger partial charge in [-0.2, -0.15) is 5.26 Å². The van der Waals surface area contributed by atoms with E-state index in [1.807, 2.05) is 13.0 Å². The molecule has 0 radical (unpaired) electrons. The van der Waals surface area contributed by atoms with Crippen LogP contribution < -0.4 is 4.74 Å². The Morgan fingerprint density at radius 2 is 2.13 bits per heavy atom. The van der Waals surface area contributed by atoms with E-state index in [1.165, 1.54) is 0 Å². The van der Waals surface area contributed by atoms with Crippen molar-refractivity contribution in [3.8, 4) is 11.8 Å². The highest BCUT2D eigenvalue weighted by Crippen LogP contribution is 2.14. The van der Waals surface area contributed by atoms with Gasteiger partial charge < -0.3 is 4.74 Å². The Morgan fingerprint density at radius 1 is 1.40 bits per heavy atom. The summed E-state index contributed by atoms with van der Waals surface area (Å²) in [7, 11) is 0. The first-order valence-corrected chi connectivity index (χ1v) is 5.14. The first-order chi connectivity index (χ1) is 7.11. The van der Waals surface area contributed by atoms with Crippen LogP contribution >= 0.6 is 0 Å². The van der Waals surface area contributed by atoms with E-state index in [9.17, 15) is 0 Å². The van der Waals surface area contributed by atoms with Crippen molar-refractivity contribution in [2.75, 3.05) is 0 Å². The highest BCUT2D eigenvalue weighted by atomic mass is 16.5. The number of aromatic nitrogens is 1. The van der Waals surface area contributed by atoms with Crippen molar-refractivity contribution in [2.24, 2.45) is 5.92 Å². The molecule has 0 aromatic carbocycles. The van der Waals surface area contributed by atoms with Gasteiger partial charge >= 0.3 is 0 Å². The molecule has 1 unspecified atom stereocenters. The molecular weight excluding hydrogens is 188 g/mol. The quantitative estimate of drug-likeness (QED) is 0.757. The Hall–Kier alpha value is -1.56. The van der Waals surface area contributed by atoms with Crippen molar-refractivity contribution in [3.63, 3.8) is 0 Å². The fourth-order valence-electron chi connectivity index (χ4n) is 1.46. The summed E-state index contributed by atoms with van der Waals surface area (Å²) in [5.41, 5.74) is 0.416. The Balaban J connectivity index is 2.54. The second-order valence-electron chi connectivity index (χ2n) is 4.05. The molecule has 0 bridgehead atoms. The number of rotatable bonds is 4. The van der Waals surface area contributed by atoms with E-state index in [-0.39, 0.29) is 6.10 Å². The molecular formula is C12H16N2O. The Kier molecular flexibility index (Phi) is 4.11. The average molecular weight is 204 g/mol. The van der Waals surface area contributed by atoms with Gasteiger partial charge in [0.1, 0.15) is 17.5 Å². The third-order valence-corrected chi connectivity index (χ3v) is 1.99. The van der Waals surface area contributed by atoms with E-state index in [0.717, 1.165) is 12.2 Å². The van der Waals surface area contributed by atoms with Crippen LogP contribution in [0.3, 0.4) is 0 Å². The van der Waals surface area contributed by atoms with Gasteiger partial charge in [0.05, 0.1) is 12.3 Å². The standard InChI is InChI=1S/C12H16N2O/c1-9(2)6-10(3)15-12-5-4-11(7-13)14-8-12/h4-5,8-10H,6H2,1-3H3. The normalized spacial score (nSPS) is 12.2. The van der Waals surface area contributed by atoms with Gasteiger partial charge in [0.15, 0.2) is 0 Å². The van der Waals surface area contributed by atoms with Gasteiger partial charge in [0, 0.05) is 0 Å². The van der Waals surface area contributed by atoms with Crippen molar-refractivity contribution >= 4 is 0 Å². The van der Waals surface area contributed by atoms with E-state index in [4.69, 9.17) is 10.00 Å². The number of nitrogens with zero attached hydrogens (tertiary/aromatic N) is 2. The number of pyridine rings is 1. The zero-order valence-electron chi connectivity index (χ0n) is 9.40. The van der Waals surface area contributed by atoms with Crippen LogP contribution in [0.4, 0.5) is 0 Å². The minimum atomic E-state index is 0.180. The minimum Gasteiger partial charge on any atom is -0.489 e. The summed E-state index contributed by atoms with van der Waals surface area (Å²) < 4.78 is 5.65. The van der Waals surface area contributed by atoms with Gasteiger partial charge in [0.2, 0.25) is 0 Å². The summed E-state index contributed by atoms with van der Waals surface area (Å²) in [4.78, 5) is 3.94. The molecule has 1 aromatic heterocycles. The van der Waals surface area contributed by atoms with Crippen molar-refractivity contribution in [1.29, 1.82) is 5.26 Å². The van der Waals surface area contributed by atoms with Crippen LogP contribution in [0.1, 0.15) is 32.9 Å². The van der Waals surface area contributed by atoms with Gasteiger partial charge in [-0.3, -0.25) is 0 Å². The van der Waals surface area contributed by atoms with E-state index < -0.39 is 0 Å². The lowest BCUT2D eigenvalue weighted by Crippen LogP contribution is -2.14. The predicted molar refractivity (Wildman–Crippen MR) is 58.5 cm³/mol. The zero-order chi connectivity index (χ0) is 11.3. The summed E-state index contributed by atoms with van der Waals surface area (Å²) in [6.07, 6.45) is 2.79. The average Bonchev–Trinajstić information content (AvgIpc) is 2.17. The van der Waals surface area contributed by atoms with E-state index >= 15 is 0 Å². The summed E-state index contributed by atoms with van der Waals surface area (Å²) in [6, 6.07) is 5.42. The molecule has 1 aromatic rings. The zero-order valence-corrected chi connectivity index (χ0v) is 9.40. The van der Waals surface area contributed by atoms with Gasteiger partial charge in [-0.05, 0) is 31.4 Å². The maximum atomic E-state index is 8.58. The van der Waals surface area contributed by atoms with Crippen molar-refractivity contribution < 1.29 is 4.74 Å². The summed E-state index contributed by atoms with van der Waals surface area (Å²) in [6.45, 7) is 6.37. The van der Waals surface area contributed by atoms with Gasteiger partial charge in [-0.1, -0.05) is 13.8 Å². The molecule has 1 atom stereocenters. The molecule has 0 N–H and O–H groups in total. The third-order valence-electron chi connectivity index (χ3n) is 1.99. The Labute approximate surface area is 90.7 Å². The molecule has 0 aliphatic rings. The first-order valence-electron chi connectivity index (χ1n) is 5.14. The minimum absolute atomic E-state index is 0.180. The number of ether oxygens (including phenoxy) is 1. The Bertz CT molecular complexity index is 338. The van der Waals surface area contributed by atoms with E-state index in [0.29, 0.717) is 11.6 Å². The lowest BCUT2D eigenvalue weighted by atomic mass is 10.1. The fourth-order valence-corrected chi connectivity index (χ4v) is 1.46. The monoisotopic (exact) mass is 204 g/mol. The molecule has 0 spiro atoms. The topological polar surface area (TPSA) is 45.9 Å². The number of hydrogen-bond acceptors (Lipinski definition) is 3. The second-order valence-corrected chi connectivity index (χ2v) is 4.05. The highest BCUT2D eigenvalue weighted by Gasteiger charge is 2.06. The highest BCUT2D eigenvalue weighted by molar-refractivity contribution is 5.26. The molecule has 0 amide bonds. The van der Waals surface area contributed by atoms with E-state index in [2.05, 4.69) is 18.8 Å². The van der Waals surface area contributed by atoms with Crippen LogP contribution in [0.5, 0.6) is 5.75 Å². The first kappa shape index (κ1) is 11.5. The lowest BCUT2D eigenvalue weighted by molar-refractivity contribution is 0.192. The van der Waals surface area contributed by atoms with Crippen molar-refractivity contribution in [3.05, 3.63) is 24.0 Å². The number of nitriles is 1. The van der Waals surface area contributed by atoms with Crippen LogP contribution in [0, 0.1) is 17.2 Å². The summed E-state index contributed by atoms with van der Waals surface area (Å²) in [5.74, 6) is 1.34. The van der Waals surface area contributed by atoms with Crippen LogP contribution in [0.15, 0.2) is 18.3 Å². The Morgan fingerprint density at radius 3 is 2.60 bits per heavy atom. The molecule has 0 aliphatic carbocycles. The second kappa shape index (κ2) is 5.35. The summed E-state index contributed by atoms with van der Waals surface area (Å²) in [5, 5.41) is 8.58. The van der Waals surface area contributed by atoms with Crippen molar-refractivity contribution in [2.45, 2.75) is 33.3 Å². The molecule has 0 saturated heterocycles. The van der Waals surface area contributed by atoms with Crippen LogP contribution in [0.2, 0.25) is 0 Å². The van der Waals surface area contributed by atoms with Crippen molar-refractivity contribution in [1.82, 2.24) is 4.98 Å². The smallest absolute Gasteiger partial charge is 0.140 e. The molecule has 80 valence electrons. The summed E-state index contributed by atoms with van der Waals surface area (Å²) >= 11 is 0. The van der Waals surface area contributed by atoms with Gasteiger partial charge in [-0.25, -0.2) is 4.98 Å². The molecule has 15 heavy (non-hydrogen) atoms. The predicted octanol–water partition coefficient (Wildman–Crippen LogP) is 2.77. The lowest BCUT2D eigenvalue weighted by Gasteiger charge is -2.16. The maximum absolute atomic E-state index is 8.58. The molecule has 0 aliphatic heterocycles. The SMILES string of the molecule is CC(C)CC(C)Oc1ccc(C#N)nc1. The van der Waals surface area contributed by atoms with Gasteiger partial charge in [-0.15, -0.1) is 0 Å². The molecule has 0 fully saturated rings. The maximum Gasteiger partial charge on any atom is 0.140 e. The molecule has 0 saturated carbocycles. The molecule has 3 heteroatoms. The van der Waals surface area contributed by atoms with Crippen LogP contribution in [0.25, 0.3) is 0 Å². The number of hydrogen-bond donors (Lipinski definition) is 0. The van der Waals surface area contributed by atoms with Gasteiger partial charge in [0.25, 0.3) is 0 Å².